The lowest BCUT2D eigenvalue weighted by Crippen LogP contribution is -1.94. The third-order valence-corrected chi connectivity index (χ3v) is 1.35. The zero-order valence-electron chi connectivity index (χ0n) is 6.17. The number of allylic oxidation sites excluding steroid dienone is 1. The van der Waals surface area contributed by atoms with Crippen LogP contribution in [0.4, 0.5) is 13.2 Å². The van der Waals surface area contributed by atoms with Crippen molar-refractivity contribution in [2.24, 2.45) is 0 Å². The fourth-order valence-corrected chi connectivity index (χ4v) is 0.741. The van der Waals surface area contributed by atoms with Crippen molar-refractivity contribution in [3.05, 3.63) is 30.6 Å². The van der Waals surface area contributed by atoms with Gasteiger partial charge in [-0.1, -0.05) is 0 Å². The maximum absolute atomic E-state index is 12.2. The van der Waals surface area contributed by atoms with Crippen LogP contribution in [-0.2, 0) is 6.54 Å². The molecule has 1 heterocycles. The standard InChI is InChI=1S/C7H7F3N2/c8-6(7(9)10)1-3-12-4-2-11-5-12/h2,4-5H,1,3H2. The van der Waals surface area contributed by atoms with Crippen LogP contribution in [0.2, 0.25) is 0 Å². The second-order valence-electron chi connectivity index (χ2n) is 2.22. The molecule has 0 amide bonds. The molecule has 0 bridgehead atoms. The molecule has 0 fully saturated rings. The highest BCUT2D eigenvalue weighted by Crippen LogP contribution is 2.13. The van der Waals surface area contributed by atoms with Crippen LogP contribution in [0, 0.1) is 0 Å². The van der Waals surface area contributed by atoms with Gasteiger partial charge < -0.3 is 4.57 Å². The summed E-state index contributed by atoms with van der Waals surface area (Å²) >= 11 is 0. The average Bonchev–Trinajstić information content (AvgIpc) is 2.51. The molecule has 0 spiro atoms. The molecule has 2 nitrogen and oxygen atoms in total. The number of nitrogens with zero attached hydrogens (tertiary/aromatic N) is 2. The predicted molar refractivity (Wildman–Crippen MR) is 37.2 cm³/mol. The number of hydrogen-bond donors (Lipinski definition) is 0. The van der Waals surface area contributed by atoms with Crippen molar-refractivity contribution < 1.29 is 13.2 Å². The first-order chi connectivity index (χ1) is 5.70. The Balaban J connectivity index is 2.42. The highest BCUT2D eigenvalue weighted by Gasteiger charge is 2.04. The molecule has 0 saturated heterocycles. The van der Waals surface area contributed by atoms with E-state index in [4.69, 9.17) is 0 Å². The quantitative estimate of drug-likeness (QED) is 0.691. The highest BCUT2D eigenvalue weighted by molar-refractivity contribution is 4.91. The Hall–Kier alpha value is -1.26. The molecule has 0 saturated carbocycles. The Kier molecular flexibility index (Phi) is 2.90. The summed E-state index contributed by atoms with van der Waals surface area (Å²) in [5.74, 6) is -1.36. The third-order valence-electron chi connectivity index (χ3n) is 1.35. The minimum atomic E-state index is -2.24. The van der Waals surface area contributed by atoms with Crippen LogP contribution in [0.15, 0.2) is 30.6 Å². The molecular formula is C7H7F3N2. The van der Waals surface area contributed by atoms with Crippen LogP contribution in [0.25, 0.3) is 0 Å². The van der Waals surface area contributed by atoms with E-state index >= 15 is 0 Å². The molecule has 0 aliphatic heterocycles. The molecule has 0 aromatic carbocycles. The lowest BCUT2D eigenvalue weighted by Gasteiger charge is -1.98. The molecule has 12 heavy (non-hydrogen) atoms. The summed E-state index contributed by atoms with van der Waals surface area (Å²) in [5.41, 5.74) is 0. The summed E-state index contributed by atoms with van der Waals surface area (Å²) in [7, 11) is 0. The van der Waals surface area contributed by atoms with E-state index < -0.39 is 11.9 Å². The monoisotopic (exact) mass is 176 g/mol. The Bertz CT molecular complexity index is 262. The van der Waals surface area contributed by atoms with Crippen molar-refractivity contribution in [2.75, 3.05) is 0 Å². The smallest absolute Gasteiger partial charge is 0.301 e. The molecule has 1 aromatic rings. The van der Waals surface area contributed by atoms with Crippen molar-refractivity contribution in [1.82, 2.24) is 9.55 Å². The van der Waals surface area contributed by atoms with Gasteiger partial charge in [-0.2, -0.15) is 8.78 Å². The van der Waals surface area contributed by atoms with E-state index in [-0.39, 0.29) is 13.0 Å². The maximum Gasteiger partial charge on any atom is 0.301 e. The van der Waals surface area contributed by atoms with E-state index in [2.05, 4.69) is 4.98 Å². The van der Waals surface area contributed by atoms with Crippen LogP contribution in [0.5, 0.6) is 0 Å². The van der Waals surface area contributed by atoms with Crippen molar-refractivity contribution in [3.8, 4) is 0 Å². The summed E-state index contributed by atoms with van der Waals surface area (Å²) in [6, 6.07) is 0. The van der Waals surface area contributed by atoms with E-state index in [0.29, 0.717) is 0 Å². The van der Waals surface area contributed by atoms with E-state index in [1.807, 2.05) is 0 Å². The zero-order valence-corrected chi connectivity index (χ0v) is 6.17. The van der Waals surface area contributed by atoms with E-state index in [1.165, 1.54) is 17.1 Å². The lowest BCUT2D eigenvalue weighted by atomic mass is 10.4. The molecule has 66 valence electrons. The summed E-state index contributed by atoms with van der Waals surface area (Å²) in [6.07, 6.45) is 2.01. The molecule has 1 rings (SSSR count). The molecule has 0 unspecified atom stereocenters. The van der Waals surface area contributed by atoms with E-state index in [1.54, 1.807) is 6.20 Å². The summed E-state index contributed by atoms with van der Waals surface area (Å²) in [5, 5.41) is 0. The summed E-state index contributed by atoms with van der Waals surface area (Å²) < 4.78 is 36.8. The first kappa shape index (κ1) is 8.83. The van der Waals surface area contributed by atoms with E-state index in [0.717, 1.165) is 0 Å². The fourth-order valence-electron chi connectivity index (χ4n) is 0.741. The number of aromatic nitrogens is 2. The highest BCUT2D eigenvalue weighted by atomic mass is 19.3. The number of rotatable bonds is 3. The number of imidazole rings is 1. The van der Waals surface area contributed by atoms with Gasteiger partial charge in [0.05, 0.1) is 6.33 Å². The van der Waals surface area contributed by atoms with Gasteiger partial charge in [0.1, 0.15) is 0 Å². The van der Waals surface area contributed by atoms with Gasteiger partial charge in [-0.15, -0.1) is 0 Å². The molecule has 5 heteroatoms. The van der Waals surface area contributed by atoms with Gasteiger partial charge in [-0.05, 0) is 0 Å². The molecule has 0 aliphatic rings. The Labute approximate surface area is 67.3 Å². The van der Waals surface area contributed by atoms with Crippen LogP contribution >= 0.6 is 0 Å². The number of hydrogen-bond acceptors (Lipinski definition) is 1. The molecule has 0 N–H and O–H groups in total. The zero-order chi connectivity index (χ0) is 8.97. The van der Waals surface area contributed by atoms with Gasteiger partial charge in [-0.25, -0.2) is 9.37 Å². The summed E-state index contributed by atoms with van der Waals surface area (Å²) in [4.78, 5) is 3.68. The SMILES string of the molecule is FC(F)=C(F)CCn1ccnc1. The van der Waals surface area contributed by atoms with Gasteiger partial charge >= 0.3 is 6.08 Å². The van der Waals surface area contributed by atoms with Gasteiger partial charge in [0.2, 0.25) is 0 Å². The van der Waals surface area contributed by atoms with Crippen molar-refractivity contribution in [1.29, 1.82) is 0 Å². The number of halogens is 3. The molecule has 0 atom stereocenters. The largest absolute Gasteiger partial charge is 0.337 e. The topological polar surface area (TPSA) is 17.8 Å². The predicted octanol–water partition coefficient (Wildman–Crippen LogP) is 2.35. The normalized spacial score (nSPS) is 9.92. The molecule has 0 aliphatic carbocycles. The molecule has 1 aromatic heterocycles. The number of aryl methyl sites for hydroxylation is 1. The Morgan fingerprint density at radius 2 is 2.08 bits per heavy atom. The molecular weight excluding hydrogens is 169 g/mol. The van der Waals surface area contributed by atoms with Gasteiger partial charge in [0, 0.05) is 25.4 Å². The van der Waals surface area contributed by atoms with Crippen LogP contribution in [0.3, 0.4) is 0 Å². The second-order valence-corrected chi connectivity index (χ2v) is 2.22. The minimum absolute atomic E-state index is 0.184. The van der Waals surface area contributed by atoms with Crippen molar-refractivity contribution in [3.63, 3.8) is 0 Å². The van der Waals surface area contributed by atoms with E-state index in [9.17, 15) is 13.2 Å². The van der Waals surface area contributed by atoms with Gasteiger partial charge in [0.15, 0.2) is 5.83 Å². The summed E-state index contributed by atoms with van der Waals surface area (Å²) in [6.45, 7) is 0.184. The Morgan fingerprint density at radius 3 is 2.58 bits per heavy atom. The minimum Gasteiger partial charge on any atom is -0.337 e. The van der Waals surface area contributed by atoms with Crippen LogP contribution in [0.1, 0.15) is 6.42 Å². The Morgan fingerprint density at radius 1 is 1.33 bits per heavy atom. The van der Waals surface area contributed by atoms with Crippen LogP contribution < -0.4 is 0 Å². The second kappa shape index (κ2) is 3.94. The molecule has 0 radical (unpaired) electrons. The maximum atomic E-state index is 12.2. The first-order valence-electron chi connectivity index (χ1n) is 3.35. The third kappa shape index (κ3) is 2.41. The van der Waals surface area contributed by atoms with Crippen molar-refractivity contribution in [2.45, 2.75) is 13.0 Å². The first-order valence-corrected chi connectivity index (χ1v) is 3.35. The van der Waals surface area contributed by atoms with Gasteiger partial charge in [0.25, 0.3) is 0 Å². The average molecular weight is 176 g/mol. The lowest BCUT2D eigenvalue weighted by molar-refractivity contribution is 0.366. The van der Waals surface area contributed by atoms with Crippen LogP contribution in [-0.4, -0.2) is 9.55 Å². The van der Waals surface area contributed by atoms with Crippen molar-refractivity contribution >= 4 is 0 Å². The fraction of sp³-hybridized carbons (Fsp3) is 0.286. The van der Waals surface area contributed by atoms with Gasteiger partial charge in [-0.3, -0.25) is 0 Å².